The van der Waals surface area contributed by atoms with Gasteiger partial charge in [-0.25, -0.2) is 4.39 Å². The Morgan fingerprint density at radius 3 is 2.00 bits per heavy atom. The van der Waals surface area contributed by atoms with Crippen LogP contribution in [0.1, 0.15) is 18.7 Å². The zero-order chi connectivity index (χ0) is 11.3. The number of hydrogen-bond donors (Lipinski definition) is 0. The van der Waals surface area contributed by atoms with Crippen molar-refractivity contribution in [3.8, 4) is 10.4 Å². The fourth-order valence-corrected chi connectivity index (χ4v) is 2.08. The van der Waals surface area contributed by atoms with Crippen molar-refractivity contribution >= 4 is 11.3 Å². The summed E-state index contributed by atoms with van der Waals surface area (Å²) in [5.41, 5.74) is 1.08. The molecule has 1 heterocycles. The van der Waals surface area contributed by atoms with Crippen LogP contribution in [-0.4, -0.2) is 0 Å². The zero-order valence-corrected chi connectivity index (χ0v) is 10.1. The van der Waals surface area contributed by atoms with Gasteiger partial charge in [-0.15, -0.1) is 11.3 Å². The van der Waals surface area contributed by atoms with Crippen molar-refractivity contribution in [2.24, 2.45) is 0 Å². The molecule has 15 heavy (non-hydrogen) atoms. The van der Waals surface area contributed by atoms with Gasteiger partial charge >= 0.3 is 0 Å². The molecule has 0 bridgehead atoms. The number of aryl methyl sites for hydroxylation is 1. The molecule has 2 heteroatoms. The van der Waals surface area contributed by atoms with Crippen molar-refractivity contribution < 1.29 is 4.39 Å². The van der Waals surface area contributed by atoms with E-state index in [0.717, 1.165) is 5.56 Å². The first-order valence-corrected chi connectivity index (χ1v) is 5.90. The second-order valence-corrected chi connectivity index (χ2v) is 4.21. The highest BCUT2D eigenvalue weighted by Gasteiger charge is 1.99. The highest BCUT2D eigenvalue weighted by atomic mass is 32.1. The maximum atomic E-state index is 12.6. The molecule has 1 aromatic carbocycles. The van der Waals surface area contributed by atoms with Gasteiger partial charge in [-0.1, -0.05) is 26.0 Å². The maximum Gasteiger partial charge on any atom is 0.123 e. The second-order valence-electron chi connectivity index (χ2n) is 2.92. The topological polar surface area (TPSA) is 0 Å². The summed E-state index contributed by atoms with van der Waals surface area (Å²) in [7, 11) is 0. The van der Waals surface area contributed by atoms with Gasteiger partial charge in [0.1, 0.15) is 5.82 Å². The molecule has 0 atom stereocenters. The first-order valence-electron chi connectivity index (χ1n) is 5.08. The fraction of sp³-hybridized carbons (Fsp3) is 0.231. The molecule has 0 fully saturated rings. The van der Waals surface area contributed by atoms with Gasteiger partial charge in [0.15, 0.2) is 0 Å². The average molecular weight is 222 g/mol. The van der Waals surface area contributed by atoms with E-state index in [9.17, 15) is 4.39 Å². The number of hydrogen-bond acceptors (Lipinski definition) is 1. The Bertz CT molecular complexity index is 401. The van der Waals surface area contributed by atoms with Gasteiger partial charge in [0.05, 0.1) is 0 Å². The van der Waals surface area contributed by atoms with Crippen LogP contribution in [-0.2, 0) is 0 Å². The van der Waals surface area contributed by atoms with E-state index in [-0.39, 0.29) is 5.82 Å². The van der Waals surface area contributed by atoms with Crippen molar-refractivity contribution in [3.05, 3.63) is 47.1 Å². The Balaban J connectivity index is 0.000000531. The molecule has 0 aliphatic carbocycles. The van der Waals surface area contributed by atoms with Crippen LogP contribution in [0.4, 0.5) is 4.39 Å². The van der Waals surface area contributed by atoms with Gasteiger partial charge in [0, 0.05) is 9.75 Å². The Morgan fingerprint density at radius 2 is 1.53 bits per heavy atom. The third kappa shape index (κ3) is 3.17. The Kier molecular flexibility index (Phi) is 4.50. The van der Waals surface area contributed by atoms with Crippen molar-refractivity contribution in [2.75, 3.05) is 0 Å². The lowest BCUT2D eigenvalue weighted by molar-refractivity contribution is 0.628. The fourth-order valence-electron chi connectivity index (χ4n) is 1.20. The molecule has 80 valence electrons. The molecular weight excluding hydrogens is 207 g/mol. The normalized spacial score (nSPS) is 9.33. The van der Waals surface area contributed by atoms with Crippen LogP contribution in [0, 0.1) is 12.7 Å². The molecule has 2 rings (SSSR count). The number of rotatable bonds is 1. The van der Waals surface area contributed by atoms with E-state index in [1.54, 1.807) is 23.5 Å². The number of thiophene rings is 1. The van der Waals surface area contributed by atoms with Crippen LogP contribution < -0.4 is 0 Å². The summed E-state index contributed by atoms with van der Waals surface area (Å²) in [4.78, 5) is 2.47. The van der Waals surface area contributed by atoms with E-state index >= 15 is 0 Å². The number of halogens is 1. The summed E-state index contributed by atoms with van der Waals surface area (Å²) in [5, 5.41) is 0. The van der Waals surface area contributed by atoms with E-state index in [1.165, 1.54) is 21.9 Å². The van der Waals surface area contributed by atoms with Crippen LogP contribution in [0.3, 0.4) is 0 Å². The third-order valence-electron chi connectivity index (χ3n) is 1.87. The smallest absolute Gasteiger partial charge is 0.123 e. The zero-order valence-electron chi connectivity index (χ0n) is 9.25. The van der Waals surface area contributed by atoms with E-state index in [2.05, 4.69) is 19.1 Å². The summed E-state index contributed by atoms with van der Waals surface area (Å²) in [6.07, 6.45) is 0. The summed E-state index contributed by atoms with van der Waals surface area (Å²) >= 11 is 1.72. The first kappa shape index (κ1) is 11.9. The highest BCUT2D eigenvalue weighted by molar-refractivity contribution is 7.15. The predicted octanol–water partition coefficient (Wildman–Crippen LogP) is 4.89. The lowest BCUT2D eigenvalue weighted by atomic mass is 10.2. The molecule has 0 aliphatic rings. The Hall–Kier alpha value is -1.15. The average Bonchev–Trinajstić information content (AvgIpc) is 2.69. The van der Waals surface area contributed by atoms with Crippen LogP contribution in [0.5, 0.6) is 0 Å². The van der Waals surface area contributed by atoms with Crippen LogP contribution >= 0.6 is 11.3 Å². The molecule has 0 nitrogen and oxygen atoms in total. The summed E-state index contributed by atoms with van der Waals surface area (Å²) < 4.78 is 12.6. The van der Waals surface area contributed by atoms with Gasteiger partial charge in [0.25, 0.3) is 0 Å². The van der Waals surface area contributed by atoms with Crippen molar-refractivity contribution in [1.82, 2.24) is 0 Å². The Labute approximate surface area is 94.4 Å². The summed E-state index contributed by atoms with van der Waals surface area (Å²) in [6, 6.07) is 10.7. The van der Waals surface area contributed by atoms with Crippen molar-refractivity contribution in [2.45, 2.75) is 20.8 Å². The van der Waals surface area contributed by atoms with Crippen molar-refractivity contribution in [3.63, 3.8) is 0 Å². The van der Waals surface area contributed by atoms with Crippen molar-refractivity contribution in [1.29, 1.82) is 0 Å². The molecule has 0 spiro atoms. The molecule has 0 unspecified atom stereocenters. The molecule has 2 aromatic rings. The van der Waals surface area contributed by atoms with Crippen LogP contribution in [0.2, 0.25) is 0 Å². The molecule has 0 saturated heterocycles. The minimum Gasteiger partial charge on any atom is -0.207 e. The van der Waals surface area contributed by atoms with Gasteiger partial charge in [0.2, 0.25) is 0 Å². The molecule has 0 radical (unpaired) electrons. The maximum absolute atomic E-state index is 12.6. The van der Waals surface area contributed by atoms with E-state index in [1.807, 2.05) is 13.8 Å². The number of benzene rings is 1. The molecule has 0 aliphatic heterocycles. The predicted molar refractivity (Wildman–Crippen MR) is 65.8 cm³/mol. The highest BCUT2D eigenvalue weighted by Crippen LogP contribution is 2.27. The minimum absolute atomic E-state index is 0.183. The first-order chi connectivity index (χ1) is 7.25. The van der Waals surface area contributed by atoms with Crippen LogP contribution in [0.25, 0.3) is 10.4 Å². The molecule has 1 aromatic heterocycles. The van der Waals surface area contributed by atoms with E-state index in [0.29, 0.717) is 0 Å². The SMILES string of the molecule is CC.Cc1ccc(-c2ccc(F)cc2)s1. The molecule has 0 saturated carbocycles. The lowest BCUT2D eigenvalue weighted by Crippen LogP contribution is -1.73. The minimum atomic E-state index is -0.183. The van der Waals surface area contributed by atoms with Crippen LogP contribution in [0.15, 0.2) is 36.4 Å². The molecule has 0 amide bonds. The molecular formula is C13H15FS. The standard InChI is InChI=1S/C11H9FS.C2H6/c1-8-2-7-11(13-8)9-3-5-10(12)6-4-9;1-2/h2-7H,1H3;1-2H3. The summed E-state index contributed by atoms with van der Waals surface area (Å²) in [6.45, 7) is 6.07. The van der Waals surface area contributed by atoms with Gasteiger partial charge in [-0.2, -0.15) is 0 Å². The monoisotopic (exact) mass is 222 g/mol. The van der Waals surface area contributed by atoms with E-state index < -0.39 is 0 Å². The Morgan fingerprint density at radius 1 is 0.933 bits per heavy atom. The quantitative estimate of drug-likeness (QED) is 0.644. The lowest BCUT2D eigenvalue weighted by Gasteiger charge is -1.95. The summed E-state index contributed by atoms with van der Waals surface area (Å²) in [5.74, 6) is -0.183. The van der Waals surface area contributed by atoms with E-state index in [4.69, 9.17) is 0 Å². The van der Waals surface area contributed by atoms with Gasteiger partial charge in [-0.05, 0) is 36.8 Å². The second kappa shape index (κ2) is 5.66. The van der Waals surface area contributed by atoms with Gasteiger partial charge in [-0.3, -0.25) is 0 Å². The van der Waals surface area contributed by atoms with Gasteiger partial charge < -0.3 is 0 Å². The third-order valence-corrected chi connectivity index (χ3v) is 2.92. The molecule has 0 N–H and O–H groups in total. The largest absolute Gasteiger partial charge is 0.207 e.